The van der Waals surface area contributed by atoms with Crippen LogP contribution in [0.1, 0.15) is 27.2 Å². The second-order valence-corrected chi connectivity index (χ2v) is 8.45. The molecule has 0 atom stereocenters. The van der Waals surface area contributed by atoms with E-state index < -0.39 is 5.60 Å². The molecule has 3 nitrogen and oxygen atoms in total. The molecular weight excluding hydrogens is 585 g/mol. The average molecular weight is 600 g/mol. The van der Waals surface area contributed by atoms with Crippen molar-refractivity contribution < 1.29 is 14.3 Å². The molecule has 0 radical (unpaired) electrons. The fourth-order valence-corrected chi connectivity index (χ4v) is 5.19. The second-order valence-electron chi connectivity index (χ2n) is 4.88. The van der Waals surface area contributed by atoms with Gasteiger partial charge in [-0.3, -0.25) is 4.79 Å². The fourth-order valence-electron chi connectivity index (χ4n) is 1.30. The molecule has 0 unspecified atom stereocenters. The summed E-state index contributed by atoms with van der Waals surface area (Å²) in [7, 11) is 0. The summed E-state index contributed by atoms with van der Waals surface area (Å²) < 4.78 is 14.2. The molecule has 0 spiro atoms. The summed E-state index contributed by atoms with van der Waals surface area (Å²) in [6.45, 7) is 5.91. The summed E-state index contributed by atoms with van der Waals surface area (Å²) in [5.41, 5.74) is -0.442. The second kappa shape index (κ2) is 7.62. The Morgan fingerprint density at radius 3 is 2.16 bits per heavy atom. The van der Waals surface area contributed by atoms with Crippen molar-refractivity contribution in [2.75, 3.05) is 6.61 Å². The highest BCUT2D eigenvalue weighted by molar-refractivity contribution is 14.1. The van der Waals surface area contributed by atoms with E-state index in [0.29, 0.717) is 6.61 Å². The van der Waals surface area contributed by atoms with Gasteiger partial charge in [-0.05, 0) is 101 Å². The summed E-state index contributed by atoms with van der Waals surface area (Å²) in [5.74, 6) is 0.605. The normalized spacial score (nSPS) is 11.3. The number of esters is 1. The van der Waals surface area contributed by atoms with Crippen LogP contribution < -0.4 is 4.74 Å². The standard InChI is InChI=1S/C13H15I3O3/c1-13(2,3)19-11(17)4-5-18-12-9(15)6-8(14)7-10(12)16/h6-7H,4-5H2,1-3H3. The van der Waals surface area contributed by atoms with E-state index in [2.05, 4.69) is 67.8 Å². The van der Waals surface area contributed by atoms with E-state index in [1.54, 1.807) is 0 Å². The molecule has 0 aromatic heterocycles. The minimum absolute atomic E-state index is 0.233. The number of carbonyl (C=O) groups is 1. The van der Waals surface area contributed by atoms with E-state index >= 15 is 0 Å². The molecule has 0 bridgehead atoms. The highest BCUT2D eigenvalue weighted by Crippen LogP contribution is 2.29. The monoisotopic (exact) mass is 600 g/mol. The van der Waals surface area contributed by atoms with Crippen LogP contribution in [0.4, 0.5) is 0 Å². The Morgan fingerprint density at radius 2 is 1.68 bits per heavy atom. The predicted octanol–water partition coefficient (Wildman–Crippen LogP) is 4.61. The zero-order chi connectivity index (χ0) is 14.6. The molecule has 0 saturated heterocycles. The van der Waals surface area contributed by atoms with Crippen LogP contribution in [0.3, 0.4) is 0 Å². The Kier molecular flexibility index (Phi) is 7.11. The summed E-state index contributed by atoms with van der Waals surface area (Å²) in [4.78, 5) is 11.6. The Balaban J connectivity index is 2.52. The van der Waals surface area contributed by atoms with Crippen molar-refractivity contribution in [2.45, 2.75) is 32.8 Å². The Labute approximate surface area is 154 Å². The quantitative estimate of drug-likeness (QED) is 0.375. The first-order valence-corrected chi connectivity index (χ1v) is 8.92. The molecule has 106 valence electrons. The first kappa shape index (κ1) is 17.7. The Bertz CT molecular complexity index is 444. The molecule has 0 fully saturated rings. The molecule has 6 heteroatoms. The molecule has 0 amide bonds. The van der Waals surface area contributed by atoms with Crippen LogP contribution in [0.15, 0.2) is 12.1 Å². The van der Waals surface area contributed by atoms with Gasteiger partial charge in [0.2, 0.25) is 0 Å². The maximum Gasteiger partial charge on any atom is 0.309 e. The fraction of sp³-hybridized carbons (Fsp3) is 0.462. The van der Waals surface area contributed by atoms with E-state index in [1.165, 1.54) is 3.57 Å². The molecule has 0 aliphatic heterocycles. The molecule has 1 rings (SSSR count). The maximum atomic E-state index is 11.6. The summed E-state index contributed by atoms with van der Waals surface area (Å²) in [6.07, 6.45) is 0.259. The summed E-state index contributed by atoms with van der Waals surface area (Å²) in [5, 5.41) is 0. The van der Waals surface area contributed by atoms with Crippen molar-refractivity contribution in [1.29, 1.82) is 0 Å². The Morgan fingerprint density at radius 1 is 1.16 bits per heavy atom. The summed E-state index contributed by atoms with van der Waals surface area (Å²) >= 11 is 6.75. The minimum atomic E-state index is -0.442. The molecule has 0 aliphatic carbocycles. The third-order valence-corrected chi connectivity index (χ3v) is 4.16. The molecular formula is C13H15I3O3. The van der Waals surface area contributed by atoms with Crippen LogP contribution in [0.2, 0.25) is 0 Å². The number of benzene rings is 1. The van der Waals surface area contributed by atoms with Gasteiger partial charge in [0.15, 0.2) is 0 Å². The molecule has 0 saturated carbocycles. The van der Waals surface area contributed by atoms with E-state index in [9.17, 15) is 4.79 Å². The predicted molar refractivity (Wildman–Crippen MR) is 101 cm³/mol. The highest BCUT2D eigenvalue weighted by Gasteiger charge is 2.16. The van der Waals surface area contributed by atoms with E-state index in [0.717, 1.165) is 12.9 Å². The number of halogens is 3. The van der Waals surface area contributed by atoms with Crippen LogP contribution in [0.25, 0.3) is 0 Å². The lowest BCUT2D eigenvalue weighted by Crippen LogP contribution is -2.24. The van der Waals surface area contributed by atoms with Crippen LogP contribution in [0.5, 0.6) is 5.75 Å². The Hall–Kier alpha value is 0.680. The summed E-state index contributed by atoms with van der Waals surface area (Å²) in [6, 6.07) is 4.10. The van der Waals surface area contributed by atoms with Gasteiger partial charge in [0.1, 0.15) is 11.4 Å². The molecule has 0 heterocycles. The van der Waals surface area contributed by atoms with Crippen LogP contribution in [-0.2, 0) is 9.53 Å². The molecule has 1 aromatic carbocycles. The lowest BCUT2D eigenvalue weighted by molar-refractivity contribution is -0.155. The number of rotatable bonds is 4. The van der Waals surface area contributed by atoms with Gasteiger partial charge in [0.05, 0.1) is 20.2 Å². The zero-order valence-corrected chi connectivity index (χ0v) is 17.4. The van der Waals surface area contributed by atoms with Crippen molar-refractivity contribution in [3.05, 3.63) is 22.8 Å². The van der Waals surface area contributed by atoms with Crippen molar-refractivity contribution >= 4 is 73.7 Å². The van der Waals surface area contributed by atoms with E-state index in [1.807, 2.05) is 32.9 Å². The minimum Gasteiger partial charge on any atom is -0.491 e. The molecule has 1 aromatic rings. The van der Waals surface area contributed by atoms with Gasteiger partial charge in [0, 0.05) is 3.57 Å². The smallest absolute Gasteiger partial charge is 0.309 e. The lowest BCUT2D eigenvalue weighted by Gasteiger charge is -2.19. The third kappa shape index (κ3) is 6.78. The largest absolute Gasteiger partial charge is 0.491 e. The first-order chi connectivity index (χ1) is 8.69. The van der Waals surface area contributed by atoms with Crippen molar-refractivity contribution in [3.63, 3.8) is 0 Å². The third-order valence-electron chi connectivity index (χ3n) is 1.94. The maximum absolute atomic E-state index is 11.6. The van der Waals surface area contributed by atoms with Crippen molar-refractivity contribution in [2.24, 2.45) is 0 Å². The van der Waals surface area contributed by atoms with Crippen LogP contribution in [-0.4, -0.2) is 18.2 Å². The van der Waals surface area contributed by atoms with Crippen molar-refractivity contribution in [1.82, 2.24) is 0 Å². The van der Waals surface area contributed by atoms with E-state index in [4.69, 9.17) is 9.47 Å². The average Bonchev–Trinajstić information content (AvgIpc) is 2.19. The van der Waals surface area contributed by atoms with Gasteiger partial charge >= 0.3 is 5.97 Å². The highest BCUT2D eigenvalue weighted by atomic mass is 127. The van der Waals surface area contributed by atoms with Gasteiger partial charge < -0.3 is 9.47 Å². The molecule has 19 heavy (non-hydrogen) atoms. The van der Waals surface area contributed by atoms with Gasteiger partial charge in [-0.15, -0.1) is 0 Å². The van der Waals surface area contributed by atoms with Gasteiger partial charge in [-0.25, -0.2) is 0 Å². The van der Waals surface area contributed by atoms with Crippen LogP contribution in [0, 0.1) is 10.7 Å². The molecule has 0 aliphatic rings. The van der Waals surface area contributed by atoms with Gasteiger partial charge in [-0.2, -0.15) is 0 Å². The van der Waals surface area contributed by atoms with Gasteiger partial charge in [-0.1, -0.05) is 0 Å². The number of carbonyl (C=O) groups excluding carboxylic acids is 1. The SMILES string of the molecule is CC(C)(C)OC(=O)CCOc1c(I)cc(I)cc1I. The topological polar surface area (TPSA) is 35.5 Å². The first-order valence-electron chi connectivity index (χ1n) is 5.68. The number of hydrogen-bond acceptors (Lipinski definition) is 3. The van der Waals surface area contributed by atoms with E-state index in [-0.39, 0.29) is 12.4 Å². The van der Waals surface area contributed by atoms with Gasteiger partial charge in [0.25, 0.3) is 0 Å². The molecule has 0 N–H and O–H groups in total. The van der Waals surface area contributed by atoms with Crippen LogP contribution >= 0.6 is 67.8 Å². The number of hydrogen-bond donors (Lipinski definition) is 0. The number of ether oxygens (including phenoxy) is 2. The lowest BCUT2D eigenvalue weighted by atomic mass is 10.2. The van der Waals surface area contributed by atoms with Crippen molar-refractivity contribution in [3.8, 4) is 5.75 Å². The zero-order valence-electron chi connectivity index (χ0n) is 10.9.